The molecule has 1 aromatic rings. The standard InChI is InChI=1S/C16H28N4/c1-15(2,3)14-10-13(18-19-14)11-20-9-6-16(12-20)4-7-17-8-5-16/h10,17H,4-9,11-12H2,1-3H3,(H,18,19). The predicted octanol–water partition coefficient (Wildman–Crippen LogP) is 2.28. The maximum Gasteiger partial charge on any atom is 0.0678 e. The van der Waals surface area contributed by atoms with E-state index in [1.54, 1.807) is 0 Å². The Morgan fingerprint density at radius 1 is 1.25 bits per heavy atom. The first-order chi connectivity index (χ1) is 9.47. The second-order valence-corrected chi connectivity index (χ2v) is 7.74. The number of hydrogen-bond acceptors (Lipinski definition) is 3. The monoisotopic (exact) mass is 276 g/mol. The normalized spacial score (nSPS) is 23.6. The summed E-state index contributed by atoms with van der Waals surface area (Å²) in [5.74, 6) is 0. The molecule has 2 aliphatic heterocycles. The first-order valence-electron chi connectivity index (χ1n) is 7.95. The molecule has 20 heavy (non-hydrogen) atoms. The van der Waals surface area contributed by atoms with Gasteiger partial charge in [-0.05, 0) is 50.4 Å². The number of hydrogen-bond donors (Lipinski definition) is 2. The molecule has 0 saturated carbocycles. The lowest BCUT2D eigenvalue weighted by Crippen LogP contribution is -2.38. The number of piperidine rings is 1. The molecule has 2 saturated heterocycles. The van der Waals surface area contributed by atoms with Crippen LogP contribution in [0.4, 0.5) is 0 Å². The van der Waals surface area contributed by atoms with Crippen LogP contribution < -0.4 is 5.32 Å². The molecule has 0 radical (unpaired) electrons. The van der Waals surface area contributed by atoms with Crippen molar-refractivity contribution >= 4 is 0 Å². The van der Waals surface area contributed by atoms with Crippen molar-refractivity contribution in [3.8, 4) is 0 Å². The lowest BCUT2D eigenvalue weighted by Gasteiger charge is -2.33. The summed E-state index contributed by atoms with van der Waals surface area (Å²) >= 11 is 0. The van der Waals surface area contributed by atoms with Gasteiger partial charge in [0.15, 0.2) is 0 Å². The average molecular weight is 276 g/mol. The minimum atomic E-state index is 0.135. The number of nitrogens with zero attached hydrogens (tertiary/aromatic N) is 2. The number of aromatic amines is 1. The van der Waals surface area contributed by atoms with E-state index in [9.17, 15) is 0 Å². The first-order valence-corrected chi connectivity index (χ1v) is 7.95. The molecule has 0 unspecified atom stereocenters. The summed E-state index contributed by atoms with van der Waals surface area (Å²) in [7, 11) is 0. The Balaban J connectivity index is 1.60. The van der Waals surface area contributed by atoms with E-state index in [2.05, 4.69) is 47.3 Å². The van der Waals surface area contributed by atoms with Crippen molar-refractivity contribution < 1.29 is 0 Å². The zero-order valence-electron chi connectivity index (χ0n) is 13.1. The molecule has 0 amide bonds. The van der Waals surface area contributed by atoms with Gasteiger partial charge in [-0.25, -0.2) is 0 Å². The van der Waals surface area contributed by atoms with Crippen molar-refractivity contribution in [2.45, 2.75) is 52.0 Å². The van der Waals surface area contributed by atoms with Crippen LogP contribution >= 0.6 is 0 Å². The van der Waals surface area contributed by atoms with Crippen molar-refractivity contribution in [1.29, 1.82) is 0 Å². The van der Waals surface area contributed by atoms with Gasteiger partial charge in [0.05, 0.1) is 5.69 Å². The van der Waals surface area contributed by atoms with Gasteiger partial charge < -0.3 is 5.32 Å². The summed E-state index contributed by atoms with van der Waals surface area (Å²) in [5.41, 5.74) is 3.16. The molecule has 2 fully saturated rings. The third-order valence-electron chi connectivity index (χ3n) is 4.97. The molecule has 4 heteroatoms. The largest absolute Gasteiger partial charge is 0.317 e. The molecule has 112 valence electrons. The first kappa shape index (κ1) is 14.1. The molecule has 0 aliphatic carbocycles. The summed E-state index contributed by atoms with van der Waals surface area (Å²) in [6.45, 7) is 12.6. The summed E-state index contributed by atoms with van der Waals surface area (Å²) in [4.78, 5) is 2.60. The van der Waals surface area contributed by atoms with E-state index < -0.39 is 0 Å². The van der Waals surface area contributed by atoms with Crippen LogP contribution in [0, 0.1) is 5.41 Å². The SMILES string of the molecule is CC(C)(C)c1cc(CN2CCC3(CCNCC3)C2)[nH]n1. The number of nitrogens with one attached hydrogen (secondary N) is 2. The molecule has 4 nitrogen and oxygen atoms in total. The molecular formula is C16H28N4. The van der Waals surface area contributed by atoms with Crippen LogP contribution in [0.3, 0.4) is 0 Å². The Morgan fingerprint density at radius 3 is 2.65 bits per heavy atom. The minimum absolute atomic E-state index is 0.135. The van der Waals surface area contributed by atoms with Crippen LogP contribution in [0.25, 0.3) is 0 Å². The van der Waals surface area contributed by atoms with E-state index in [0.29, 0.717) is 5.41 Å². The van der Waals surface area contributed by atoms with Crippen LogP contribution in [0.1, 0.15) is 51.4 Å². The fourth-order valence-corrected chi connectivity index (χ4v) is 3.60. The van der Waals surface area contributed by atoms with Crippen molar-refractivity contribution in [1.82, 2.24) is 20.4 Å². The predicted molar refractivity (Wildman–Crippen MR) is 81.7 cm³/mol. The number of aromatic nitrogens is 2. The van der Waals surface area contributed by atoms with Crippen LogP contribution in [0.2, 0.25) is 0 Å². The van der Waals surface area contributed by atoms with Crippen molar-refractivity contribution in [3.63, 3.8) is 0 Å². The second kappa shape index (κ2) is 5.15. The third-order valence-corrected chi connectivity index (χ3v) is 4.97. The molecule has 2 aliphatic rings. The Kier molecular flexibility index (Phi) is 3.63. The quantitative estimate of drug-likeness (QED) is 0.871. The number of likely N-dealkylation sites (tertiary alicyclic amines) is 1. The lowest BCUT2D eigenvalue weighted by atomic mass is 9.78. The average Bonchev–Trinajstić information content (AvgIpc) is 2.99. The van der Waals surface area contributed by atoms with Gasteiger partial charge in [0.25, 0.3) is 0 Å². The highest BCUT2D eigenvalue weighted by Gasteiger charge is 2.38. The highest BCUT2D eigenvalue weighted by atomic mass is 15.2. The Labute approximate surface area is 122 Å². The van der Waals surface area contributed by atoms with E-state index in [-0.39, 0.29) is 5.41 Å². The molecular weight excluding hydrogens is 248 g/mol. The van der Waals surface area contributed by atoms with E-state index in [0.717, 1.165) is 6.54 Å². The molecule has 1 spiro atoms. The third kappa shape index (κ3) is 2.91. The molecule has 3 rings (SSSR count). The molecule has 0 aromatic carbocycles. The van der Waals surface area contributed by atoms with Gasteiger partial charge in [-0.3, -0.25) is 10.00 Å². The molecule has 3 heterocycles. The summed E-state index contributed by atoms with van der Waals surface area (Å²) in [6.07, 6.45) is 4.06. The van der Waals surface area contributed by atoms with Crippen molar-refractivity contribution in [3.05, 3.63) is 17.5 Å². The van der Waals surface area contributed by atoms with Gasteiger partial charge >= 0.3 is 0 Å². The summed E-state index contributed by atoms with van der Waals surface area (Å²) in [6, 6.07) is 2.24. The van der Waals surface area contributed by atoms with E-state index in [4.69, 9.17) is 0 Å². The summed E-state index contributed by atoms with van der Waals surface area (Å²) in [5, 5.41) is 11.2. The van der Waals surface area contributed by atoms with E-state index >= 15 is 0 Å². The number of rotatable bonds is 2. The Bertz CT molecular complexity index is 451. The van der Waals surface area contributed by atoms with Crippen molar-refractivity contribution in [2.75, 3.05) is 26.2 Å². The smallest absolute Gasteiger partial charge is 0.0678 e. The molecule has 1 aromatic heterocycles. The second-order valence-electron chi connectivity index (χ2n) is 7.74. The van der Waals surface area contributed by atoms with Gasteiger partial charge in [0.1, 0.15) is 0 Å². The minimum Gasteiger partial charge on any atom is -0.317 e. The number of H-pyrrole nitrogens is 1. The van der Waals surface area contributed by atoms with Gasteiger partial charge in [-0.1, -0.05) is 20.8 Å². The fraction of sp³-hybridized carbons (Fsp3) is 0.812. The van der Waals surface area contributed by atoms with Gasteiger partial charge in [0.2, 0.25) is 0 Å². The fourth-order valence-electron chi connectivity index (χ4n) is 3.60. The maximum absolute atomic E-state index is 4.47. The van der Waals surface area contributed by atoms with E-state index in [1.807, 2.05) is 0 Å². The Hall–Kier alpha value is -0.870. The molecule has 0 atom stereocenters. The van der Waals surface area contributed by atoms with E-state index in [1.165, 1.54) is 56.8 Å². The van der Waals surface area contributed by atoms with Gasteiger partial charge in [-0.2, -0.15) is 5.10 Å². The van der Waals surface area contributed by atoms with Crippen LogP contribution in [0.5, 0.6) is 0 Å². The molecule has 2 N–H and O–H groups in total. The van der Waals surface area contributed by atoms with Gasteiger partial charge in [0, 0.05) is 24.2 Å². The highest BCUT2D eigenvalue weighted by molar-refractivity contribution is 5.16. The van der Waals surface area contributed by atoms with Crippen LogP contribution in [-0.2, 0) is 12.0 Å². The topological polar surface area (TPSA) is 44.0 Å². The Morgan fingerprint density at radius 2 is 2.00 bits per heavy atom. The van der Waals surface area contributed by atoms with Gasteiger partial charge in [-0.15, -0.1) is 0 Å². The lowest BCUT2D eigenvalue weighted by molar-refractivity contribution is 0.193. The zero-order chi connectivity index (χ0) is 14.2. The maximum atomic E-state index is 4.47. The molecule has 0 bridgehead atoms. The zero-order valence-corrected chi connectivity index (χ0v) is 13.1. The highest BCUT2D eigenvalue weighted by Crippen LogP contribution is 2.39. The van der Waals surface area contributed by atoms with Crippen LogP contribution in [-0.4, -0.2) is 41.3 Å². The summed E-state index contributed by atoms with van der Waals surface area (Å²) < 4.78 is 0. The van der Waals surface area contributed by atoms with Crippen LogP contribution in [0.15, 0.2) is 6.07 Å². The van der Waals surface area contributed by atoms with Crippen molar-refractivity contribution in [2.24, 2.45) is 5.41 Å².